The molecule has 0 aliphatic rings. The molecule has 1 aromatic carbocycles. The summed E-state index contributed by atoms with van der Waals surface area (Å²) in [7, 11) is 0.950. The minimum atomic E-state index is -0.172. The summed E-state index contributed by atoms with van der Waals surface area (Å²) in [5.41, 5.74) is 1.96. The fourth-order valence-corrected chi connectivity index (χ4v) is 1.50. The van der Waals surface area contributed by atoms with Gasteiger partial charge in [0, 0.05) is 0 Å². The first-order valence-electron chi connectivity index (χ1n) is 5.40. The fourth-order valence-electron chi connectivity index (χ4n) is 1.50. The fraction of sp³-hybridized carbons (Fsp3) is 0.0769. The summed E-state index contributed by atoms with van der Waals surface area (Å²) in [6.45, 7) is 3.56. The molecule has 0 unspecified atom stereocenters. The van der Waals surface area contributed by atoms with Crippen LogP contribution in [0.5, 0.6) is 11.6 Å². The van der Waals surface area contributed by atoms with Crippen molar-refractivity contribution in [1.29, 1.82) is 0 Å². The van der Waals surface area contributed by atoms with Gasteiger partial charge in [0.1, 0.15) is 5.75 Å². The molecule has 4 nitrogen and oxygen atoms in total. The normalized spacial score (nSPS) is 9.58. The van der Waals surface area contributed by atoms with Crippen molar-refractivity contribution in [1.82, 2.24) is 4.98 Å². The maximum absolute atomic E-state index is 9.17. The Morgan fingerprint density at radius 1 is 1.26 bits per heavy atom. The molecule has 0 aliphatic carbocycles. The van der Waals surface area contributed by atoms with Crippen molar-refractivity contribution in [2.45, 2.75) is 6.61 Å². The molecular formula is C13H12BHsNO3-. The van der Waals surface area contributed by atoms with E-state index in [1.807, 2.05) is 0 Å². The third kappa shape index (κ3) is 3.25. The summed E-state index contributed by atoms with van der Waals surface area (Å²) in [5.74, 6) is 1.00. The summed E-state index contributed by atoms with van der Waals surface area (Å²) < 4.78 is 5.53. The monoisotopic (exact) mass is 510 g/mol. The van der Waals surface area contributed by atoms with E-state index in [1.54, 1.807) is 36.5 Å². The first-order chi connectivity index (χ1) is 8.72. The largest absolute Gasteiger partial charge is 0.450 e. The van der Waals surface area contributed by atoms with E-state index >= 15 is 0 Å². The van der Waals surface area contributed by atoms with Crippen LogP contribution in [0.1, 0.15) is 11.1 Å². The molecule has 6 heteroatoms. The zero-order valence-electron chi connectivity index (χ0n) is 10.4. The number of rotatable bonds is 4. The molecule has 0 atom stereocenters. The molecule has 2 rings (SSSR count). The number of hydrogen-bond donors (Lipinski definition) is 2. The van der Waals surface area contributed by atoms with Gasteiger partial charge in [0.25, 0.3) is 0 Å². The molecule has 0 spiro atoms. The quantitative estimate of drug-likeness (QED) is 0.472. The van der Waals surface area contributed by atoms with Gasteiger partial charge in [-0.1, -0.05) is 18.3 Å². The summed E-state index contributed by atoms with van der Waals surface area (Å²) in [6.07, 6.45) is 1.61. The van der Waals surface area contributed by atoms with E-state index < -0.39 is 0 Å². The minimum Gasteiger partial charge on any atom is -0.450 e. The molecule has 0 saturated carbocycles. The molecule has 0 fully saturated rings. The maximum atomic E-state index is 9.17. The van der Waals surface area contributed by atoms with Crippen LogP contribution >= 0.6 is 0 Å². The number of nitrogens with zero attached hydrogens (tertiary/aromatic N) is 1. The molecule has 0 aliphatic heterocycles. The molecule has 2 aromatic rings. The maximum Gasteiger partial charge on any atom is 0.327 e. The molecular weight excluding hydrogens is 498 g/mol. The van der Waals surface area contributed by atoms with E-state index in [2.05, 4.69) is 11.9 Å². The minimum absolute atomic E-state index is 0. The standard InChI is InChI=1S/C13H12BNO3.Hs/c1-9-2-5-13(15-7-9)18-11-3-4-12(14-17)10(6-11)8-16;/h2-7,16-17H,1,8H2;/q-1;. The summed E-state index contributed by atoms with van der Waals surface area (Å²) in [4.78, 5) is 4.07. The van der Waals surface area contributed by atoms with Crippen molar-refractivity contribution in [3.05, 3.63) is 54.6 Å². The Hall–Kier alpha value is -2.98. The van der Waals surface area contributed by atoms with Crippen LogP contribution in [-0.2, 0) is 6.61 Å². The van der Waals surface area contributed by atoms with Crippen molar-refractivity contribution in [2.24, 2.45) is 0 Å². The van der Waals surface area contributed by atoms with Gasteiger partial charge in [-0.25, -0.2) is 0 Å². The second-order valence-corrected chi connectivity index (χ2v) is 3.75. The second-order valence-electron chi connectivity index (χ2n) is 3.75. The van der Waals surface area contributed by atoms with Crippen LogP contribution in [-0.4, -0.2) is 22.6 Å². The molecule has 1 radical (unpaired) electrons. The predicted molar refractivity (Wildman–Crippen MR) is 68.7 cm³/mol. The number of pyridine rings is 1. The van der Waals surface area contributed by atoms with Crippen molar-refractivity contribution in [2.75, 3.05) is 0 Å². The summed E-state index contributed by atoms with van der Waals surface area (Å²) in [6, 6.07) is 8.53. The van der Waals surface area contributed by atoms with Gasteiger partial charge in [0.2, 0.25) is 0 Å². The average Bonchev–Trinajstić information content (AvgIpc) is 2.41. The van der Waals surface area contributed by atoms with Crippen LogP contribution in [0.2, 0.25) is 0 Å². The van der Waals surface area contributed by atoms with Gasteiger partial charge < -0.3 is 14.9 Å². The van der Waals surface area contributed by atoms with Gasteiger partial charge in [0.15, 0.2) is 5.88 Å². The molecule has 0 bridgehead atoms. The van der Waals surface area contributed by atoms with Gasteiger partial charge in [-0.3, -0.25) is 4.98 Å². The van der Waals surface area contributed by atoms with Crippen LogP contribution in [0.15, 0.2) is 36.5 Å². The smallest absolute Gasteiger partial charge is 0.327 e. The van der Waals surface area contributed by atoms with E-state index in [-0.39, 0.29) is 6.61 Å². The number of aromatic nitrogens is 1. The SMILES string of the molecule is [CH2-]c1ccc(Oc2ccc([B]O)c(CO)c2)nc1.[Hs]. The Morgan fingerprint density at radius 3 is 2.63 bits per heavy atom. The van der Waals surface area contributed by atoms with Crippen molar-refractivity contribution in [3.63, 3.8) is 0 Å². The molecule has 93 valence electrons. The number of benzene rings is 1. The van der Waals surface area contributed by atoms with E-state index in [0.29, 0.717) is 22.7 Å². The van der Waals surface area contributed by atoms with Crippen LogP contribution in [0.3, 0.4) is 0 Å². The van der Waals surface area contributed by atoms with Crippen LogP contribution in [0.4, 0.5) is 0 Å². The van der Waals surface area contributed by atoms with Gasteiger partial charge in [-0.05, 0) is 23.2 Å². The average molecular weight is 510 g/mol. The van der Waals surface area contributed by atoms with Crippen molar-refractivity contribution < 1.29 is 14.9 Å². The zero-order chi connectivity index (χ0) is 13.0. The third-order valence-corrected chi connectivity index (χ3v) is 2.44. The Kier molecular flexibility index (Phi) is 4.52. The Balaban J connectivity index is 0.00000180. The number of ether oxygens (including phenoxy) is 1. The van der Waals surface area contributed by atoms with E-state index in [4.69, 9.17) is 14.9 Å². The van der Waals surface area contributed by atoms with Crippen LogP contribution in [0, 0.1) is 6.92 Å². The molecule has 2 N–H and O–H groups in total. The predicted octanol–water partition coefficient (Wildman–Crippen LogP) is 0.785. The molecule has 0 saturated heterocycles. The second kappa shape index (κ2) is 6.09. The van der Waals surface area contributed by atoms with Gasteiger partial charge in [-0.2, -0.15) is 18.6 Å². The third-order valence-electron chi connectivity index (χ3n) is 2.44. The molecule has 19 heavy (non-hydrogen) atoms. The molecule has 1 heterocycles. The van der Waals surface area contributed by atoms with Crippen LogP contribution in [0.25, 0.3) is 0 Å². The number of aliphatic hydroxyl groups excluding tert-OH is 1. The van der Waals surface area contributed by atoms with E-state index in [0.717, 1.165) is 13.0 Å². The van der Waals surface area contributed by atoms with Gasteiger partial charge in [0.05, 0.1) is 6.61 Å². The van der Waals surface area contributed by atoms with Crippen molar-refractivity contribution in [3.8, 4) is 11.6 Å². The topological polar surface area (TPSA) is 62.6 Å². The number of aliphatic hydroxyl groups is 1. The zero-order valence-corrected chi connectivity index (χ0v) is 17.0. The summed E-state index contributed by atoms with van der Waals surface area (Å²) >= 11 is 0. The Labute approximate surface area is 106 Å². The van der Waals surface area contributed by atoms with Gasteiger partial charge in [-0.15, -0.1) is 0 Å². The number of hydrogen-bond acceptors (Lipinski definition) is 4. The van der Waals surface area contributed by atoms with E-state index in [1.165, 1.54) is 0 Å². The van der Waals surface area contributed by atoms with E-state index in [9.17, 15) is 0 Å². The Morgan fingerprint density at radius 2 is 2.05 bits per heavy atom. The first-order valence-corrected chi connectivity index (χ1v) is 5.40. The van der Waals surface area contributed by atoms with Gasteiger partial charge >= 0.3 is 7.48 Å². The van der Waals surface area contributed by atoms with Crippen LogP contribution < -0.4 is 10.2 Å². The molecule has 1 aromatic heterocycles. The summed E-state index contributed by atoms with van der Waals surface area (Å²) in [5, 5.41) is 18.1. The van der Waals surface area contributed by atoms with Crippen molar-refractivity contribution >= 4 is 12.9 Å². The molecule has 0 amide bonds. The Bertz CT molecular complexity index is 534. The first kappa shape index (κ1) is 14.1.